The lowest BCUT2D eigenvalue weighted by Gasteiger charge is -2.09. The largest absolute Gasteiger partial charge is 0.326 e. The Hall–Kier alpha value is -1.71. The Bertz CT molecular complexity index is 860. The number of carbonyl (C=O) groups excluding carboxylic acids is 1. The Labute approximate surface area is 156 Å². The highest BCUT2D eigenvalue weighted by Crippen LogP contribution is 2.20. The van der Waals surface area contributed by atoms with Crippen LogP contribution < -0.4 is 10.0 Å². The van der Waals surface area contributed by atoms with Gasteiger partial charge in [-0.25, -0.2) is 13.1 Å². The van der Waals surface area contributed by atoms with Gasteiger partial charge in [-0.2, -0.15) is 5.10 Å². The second-order valence-electron chi connectivity index (χ2n) is 5.66. The summed E-state index contributed by atoms with van der Waals surface area (Å²) in [5.74, 6) is -0.204. The lowest BCUT2D eigenvalue weighted by atomic mass is 10.3. The first-order valence-corrected chi connectivity index (χ1v) is 10.0. The van der Waals surface area contributed by atoms with Gasteiger partial charge in [0.15, 0.2) is 0 Å². The topological polar surface area (TPSA) is 93.1 Å². The lowest BCUT2D eigenvalue weighted by molar-refractivity contribution is -0.114. The van der Waals surface area contributed by atoms with E-state index in [4.69, 9.17) is 0 Å². The van der Waals surface area contributed by atoms with Crippen molar-refractivity contribution in [2.24, 2.45) is 0 Å². The van der Waals surface area contributed by atoms with Gasteiger partial charge in [-0.3, -0.25) is 9.48 Å². The average molecular weight is 429 g/mol. The highest BCUT2D eigenvalue weighted by Gasteiger charge is 2.14. The van der Waals surface area contributed by atoms with Crippen molar-refractivity contribution in [3.8, 4) is 0 Å². The quantitative estimate of drug-likeness (QED) is 0.662. The highest BCUT2D eigenvalue weighted by molar-refractivity contribution is 9.10. The number of carbonyl (C=O) groups is 1. The molecule has 25 heavy (non-hydrogen) atoms. The summed E-state index contributed by atoms with van der Waals surface area (Å²) in [7, 11) is -3.57. The summed E-state index contributed by atoms with van der Waals surface area (Å²) in [6, 6.07) is 6.05. The summed E-state index contributed by atoms with van der Waals surface area (Å²) in [4.78, 5) is 11.1. The molecule has 2 aromatic rings. The molecule has 0 saturated heterocycles. The minimum Gasteiger partial charge on any atom is -0.326 e. The number of hydrogen-bond donors (Lipinski definition) is 2. The van der Waals surface area contributed by atoms with Crippen molar-refractivity contribution >= 4 is 37.5 Å². The molecule has 2 N–H and O–H groups in total. The Kier molecular flexibility index (Phi) is 6.36. The first-order chi connectivity index (χ1) is 11.7. The van der Waals surface area contributed by atoms with Crippen LogP contribution >= 0.6 is 15.9 Å². The molecule has 0 fully saturated rings. The van der Waals surface area contributed by atoms with E-state index in [9.17, 15) is 13.2 Å². The summed E-state index contributed by atoms with van der Waals surface area (Å²) >= 11 is 3.47. The van der Waals surface area contributed by atoms with Crippen LogP contribution in [-0.2, 0) is 21.4 Å². The van der Waals surface area contributed by atoms with Crippen molar-refractivity contribution in [1.29, 1.82) is 0 Å². The van der Waals surface area contributed by atoms with Gasteiger partial charge in [0.2, 0.25) is 15.9 Å². The number of nitrogens with zero attached hydrogens (tertiary/aromatic N) is 2. The van der Waals surface area contributed by atoms with E-state index in [2.05, 4.69) is 31.1 Å². The molecule has 0 radical (unpaired) electrons. The number of halogens is 1. The third-order valence-electron chi connectivity index (χ3n) is 3.62. The van der Waals surface area contributed by atoms with Gasteiger partial charge >= 0.3 is 0 Å². The van der Waals surface area contributed by atoms with E-state index in [1.54, 1.807) is 12.1 Å². The van der Waals surface area contributed by atoms with Crippen LogP contribution in [0.1, 0.15) is 24.7 Å². The number of sulfonamides is 1. The molecule has 9 heteroatoms. The fourth-order valence-electron chi connectivity index (χ4n) is 2.33. The van der Waals surface area contributed by atoms with Crippen LogP contribution in [0, 0.1) is 13.8 Å². The van der Waals surface area contributed by atoms with Gasteiger partial charge in [0.1, 0.15) is 0 Å². The lowest BCUT2D eigenvalue weighted by Crippen LogP contribution is -2.25. The standard InChI is InChI=1S/C16H21BrN4O3S/c1-11-16(17)12(2)21(20-11)10-4-9-18-25(23,24)15-7-5-14(6-8-15)19-13(3)22/h5-8,18H,4,9-10H2,1-3H3,(H,19,22). The zero-order valence-electron chi connectivity index (χ0n) is 14.3. The first kappa shape index (κ1) is 19.6. The Morgan fingerprint density at radius 2 is 1.88 bits per heavy atom. The zero-order chi connectivity index (χ0) is 18.6. The number of aryl methyl sites for hydroxylation is 2. The maximum Gasteiger partial charge on any atom is 0.240 e. The predicted molar refractivity (Wildman–Crippen MR) is 100.0 cm³/mol. The molecular weight excluding hydrogens is 408 g/mol. The molecule has 1 amide bonds. The Morgan fingerprint density at radius 1 is 1.24 bits per heavy atom. The maximum atomic E-state index is 12.3. The molecule has 1 aromatic carbocycles. The maximum absolute atomic E-state index is 12.3. The summed E-state index contributed by atoms with van der Waals surface area (Å²) in [6.07, 6.45) is 0.623. The van der Waals surface area contributed by atoms with Crippen LogP contribution in [0.25, 0.3) is 0 Å². The fourth-order valence-corrected chi connectivity index (χ4v) is 3.69. The number of benzene rings is 1. The molecule has 0 spiro atoms. The number of nitrogens with one attached hydrogen (secondary N) is 2. The Morgan fingerprint density at radius 3 is 2.40 bits per heavy atom. The van der Waals surface area contributed by atoms with E-state index in [-0.39, 0.29) is 10.8 Å². The van der Waals surface area contributed by atoms with Crippen molar-refractivity contribution in [2.45, 2.75) is 38.6 Å². The molecule has 1 aromatic heterocycles. The summed E-state index contributed by atoms with van der Waals surface area (Å²) in [5.41, 5.74) is 2.49. The van der Waals surface area contributed by atoms with Crippen LogP contribution in [0.3, 0.4) is 0 Å². The van der Waals surface area contributed by atoms with Crippen LogP contribution in [0.15, 0.2) is 33.6 Å². The second kappa shape index (κ2) is 8.11. The fraction of sp³-hybridized carbons (Fsp3) is 0.375. The van der Waals surface area contributed by atoms with Gasteiger partial charge in [-0.15, -0.1) is 0 Å². The minimum absolute atomic E-state index is 0.162. The average Bonchev–Trinajstić information content (AvgIpc) is 2.79. The number of rotatable bonds is 7. The van der Waals surface area contributed by atoms with Gasteiger partial charge in [0, 0.05) is 31.4 Å². The molecule has 0 saturated carbocycles. The summed E-state index contributed by atoms with van der Waals surface area (Å²) in [6.45, 7) is 6.22. The Balaban J connectivity index is 1.90. The summed E-state index contributed by atoms with van der Waals surface area (Å²) in [5, 5.41) is 6.99. The van der Waals surface area contributed by atoms with Crippen LogP contribution in [0.5, 0.6) is 0 Å². The third kappa shape index (κ3) is 5.13. The molecule has 0 aliphatic carbocycles. The van der Waals surface area contributed by atoms with Gasteiger partial charge < -0.3 is 5.32 Å². The molecule has 7 nitrogen and oxygen atoms in total. The van der Waals surface area contributed by atoms with E-state index in [0.717, 1.165) is 15.9 Å². The smallest absolute Gasteiger partial charge is 0.240 e. The molecule has 0 atom stereocenters. The van der Waals surface area contributed by atoms with Crippen LogP contribution in [0.2, 0.25) is 0 Å². The number of anilines is 1. The van der Waals surface area contributed by atoms with Crippen molar-refractivity contribution < 1.29 is 13.2 Å². The van der Waals surface area contributed by atoms with E-state index >= 15 is 0 Å². The van der Waals surface area contributed by atoms with Gasteiger partial charge in [0.25, 0.3) is 0 Å². The SMILES string of the molecule is CC(=O)Nc1ccc(S(=O)(=O)NCCCn2nc(C)c(Br)c2C)cc1. The number of hydrogen-bond acceptors (Lipinski definition) is 4. The summed E-state index contributed by atoms with van der Waals surface area (Å²) < 4.78 is 30.0. The molecule has 2 rings (SSSR count). The zero-order valence-corrected chi connectivity index (χ0v) is 16.7. The van der Waals surface area contributed by atoms with Crippen LogP contribution in [-0.4, -0.2) is 30.7 Å². The molecule has 0 aliphatic rings. The second-order valence-corrected chi connectivity index (χ2v) is 8.22. The third-order valence-corrected chi connectivity index (χ3v) is 6.24. The van der Waals surface area contributed by atoms with E-state index < -0.39 is 10.0 Å². The van der Waals surface area contributed by atoms with Gasteiger partial charge in [-0.05, 0) is 60.5 Å². The number of aromatic nitrogens is 2. The number of amides is 1. The molecule has 1 heterocycles. The van der Waals surface area contributed by atoms with E-state index in [0.29, 0.717) is 25.2 Å². The highest BCUT2D eigenvalue weighted by atomic mass is 79.9. The van der Waals surface area contributed by atoms with Crippen molar-refractivity contribution in [3.05, 3.63) is 40.1 Å². The van der Waals surface area contributed by atoms with Crippen molar-refractivity contribution in [1.82, 2.24) is 14.5 Å². The molecular formula is C16H21BrN4O3S. The van der Waals surface area contributed by atoms with Crippen LogP contribution in [0.4, 0.5) is 5.69 Å². The van der Waals surface area contributed by atoms with Gasteiger partial charge in [-0.1, -0.05) is 0 Å². The normalized spacial score (nSPS) is 11.5. The van der Waals surface area contributed by atoms with Crippen molar-refractivity contribution in [3.63, 3.8) is 0 Å². The van der Waals surface area contributed by atoms with E-state index in [1.165, 1.54) is 19.1 Å². The molecule has 0 bridgehead atoms. The van der Waals surface area contributed by atoms with Gasteiger partial charge in [0.05, 0.1) is 15.1 Å². The predicted octanol–water partition coefficient (Wildman–Crippen LogP) is 2.59. The molecule has 0 unspecified atom stereocenters. The first-order valence-electron chi connectivity index (χ1n) is 7.77. The molecule has 136 valence electrons. The molecule has 0 aliphatic heterocycles. The minimum atomic E-state index is -3.57. The van der Waals surface area contributed by atoms with Crippen molar-refractivity contribution in [2.75, 3.05) is 11.9 Å². The monoisotopic (exact) mass is 428 g/mol. The van der Waals surface area contributed by atoms with E-state index in [1.807, 2.05) is 18.5 Å².